The molecule has 13 atom stereocenters. The number of ketones is 2. The quantitative estimate of drug-likeness (QED) is 0.123. The Morgan fingerprint density at radius 1 is 0.983 bits per heavy atom. The van der Waals surface area contributed by atoms with Gasteiger partial charge < -0.3 is 49.4 Å². The minimum Gasteiger partial charge on any atom is -0.459 e. The maximum absolute atomic E-state index is 14.3. The number of cyclic esters (lactones) is 1. The Hall–Kier alpha value is -3.98. The lowest BCUT2D eigenvalue weighted by Crippen LogP contribution is -2.60. The summed E-state index contributed by atoms with van der Waals surface area (Å²) in [7, 11) is 5.07. The summed E-state index contributed by atoms with van der Waals surface area (Å²) in [4.78, 5) is 69.5. The summed E-state index contributed by atoms with van der Waals surface area (Å²) in [5.74, 6) is -2.47. The highest BCUT2D eigenvalue weighted by Crippen LogP contribution is 2.39. The van der Waals surface area contributed by atoms with Gasteiger partial charge in [-0.05, 0) is 85.3 Å². The number of hydrogen-bond donors (Lipinski definition) is 4. The van der Waals surface area contributed by atoms with Crippen LogP contribution < -0.4 is 10.6 Å². The van der Waals surface area contributed by atoms with Crippen LogP contribution in [-0.2, 0) is 42.9 Å². The van der Waals surface area contributed by atoms with Crippen molar-refractivity contribution in [3.8, 4) is 11.8 Å². The number of benzene rings is 1. The summed E-state index contributed by atoms with van der Waals surface area (Å²) < 4.78 is 43.3. The zero-order valence-electron chi connectivity index (χ0n) is 35.5. The van der Waals surface area contributed by atoms with E-state index in [-0.39, 0.29) is 38.1 Å². The lowest BCUT2D eigenvalue weighted by Gasteiger charge is -2.47. The van der Waals surface area contributed by atoms with E-state index in [1.54, 1.807) is 27.7 Å². The highest BCUT2D eigenvalue weighted by atomic mass is 19.1. The molecule has 2 aliphatic heterocycles. The molecule has 1 aromatic rings. The number of aliphatic hydroxyl groups excluding tert-OH is 1. The van der Waals surface area contributed by atoms with Gasteiger partial charge in [-0.2, -0.15) is 0 Å². The number of nitrogens with one attached hydrogen (secondary N) is 2. The molecule has 0 unspecified atom stereocenters. The van der Waals surface area contributed by atoms with Crippen LogP contribution in [0.2, 0.25) is 0 Å². The number of halogens is 1. The first kappa shape index (κ1) is 48.4. The SMILES string of the molecule is CC[C@H]1OC(=O)[C@H](C)C(=O)[C@H](C)[C@@H](O[C@@H]2O[C@H](C)C[C@H](N(C)C)[C@H]2O)[C@](C)(OC)C[C@@H](C)C(=O)[C@H](C)[C@@H](OC(=O)NCCNC(=O)C#Cc2ccc(F)cc2)[C@]1(C)O. The molecule has 0 spiro atoms. The Bertz CT molecular complexity index is 1660. The van der Waals surface area contributed by atoms with Gasteiger partial charge in [0.1, 0.15) is 41.4 Å². The summed E-state index contributed by atoms with van der Waals surface area (Å²) in [5.41, 5.74) is -3.09. The van der Waals surface area contributed by atoms with E-state index in [1.807, 2.05) is 25.9 Å². The van der Waals surface area contributed by atoms with E-state index in [2.05, 4.69) is 22.5 Å². The number of alkyl carbamates (subject to hydrolysis) is 1. The number of amides is 2. The second-order valence-electron chi connectivity index (χ2n) is 16.2. The normalized spacial score (nSPS) is 35.2. The lowest BCUT2D eigenvalue weighted by atomic mass is 9.74. The van der Waals surface area contributed by atoms with Crippen molar-refractivity contribution in [2.24, 2.45) is 23.7 Å². The van der Waals surface area contributed by atoms with Crippen LogP contribution in [0.15, 0.2) is 24.3 Å². The molecule has 4 N–H and O–H groups in total. The number of likely N-dealkylation sites (N-methyl/N-ethyl adjacent to an activating group) is 1. The van der Waals surface area contributed by atoms with Crippen LogP contribution in [0.5, 0.6) is 0 Å². The first-order valence-electron chi connectivity index (χ1n) is 19.8. The summed E-state index contributed by atoms with van der Waals surface area (Å²) in [6, 6.07) is 4.94. The summed E-state index contributed by atoms with van der Waals surface area (Å²) in [5, 5.41) is 28.4. The van der Waals surface area contributed by atoms with Crippen LogP contribution in [-0.4, -0.2) is 133 Å². The van der Waals surface area contributed by atoms with Gasteiger partial charge >= 0.3 is 12.1 Å². The molecule has 2 fully saturated rings. The Kier molecular flexibility index (Phi) is 17.4. The third kappa shape index (κ3) is 12.0. The largest absolute Gasteiger partial charge is 0.459 e. The molecular weight excluding hydrogens is 757 g/mol. The summed E-state index contributed by atoms with van der Waals surface area (Å²) >= 11 is 0. The molecule has 2 aliphatic rings. The number of methoxy groups -OCH3 is 1. The van der Waals surface area contributed by atoms with Crippen LogP contribution in [0, 0.1) is 41.3 Å². The highest BCUT2D eigenvalue weighted by Gasteiger charge is 2.53. The molecule has 2 saturated heterocycles. The summed E-state index contributed by atoms with van der Waals surface area (Å²) in [6.45, 7) is 12.4. The zero-order valence-corrected chi connectivity index (χ0v) is 35.5. The summed E-state index contributed by atoms with van der Waals surface area (Å²) in [6.07, 6.45) is -7.16. The van der Waals surface area contributed by atoms with Gasteiger partial charge in [0.05, 0.1) is 23.7 Å². The fourth-order valence-electron chi connectivity index (χ4n) is 7.84. The third-order valence-corrected chi connectivity index (χ3v) is 11.3. The van der Waals surface area contributed by atoms with Gasteiger partial charge in [-0.25, -0.2) is 9.18 Å². The number of nitrogens with zero attached hydrogens (tertiary/aromatic N) is 1. The van der Waals surface area contributed by atoms with Gasteiger partial charge in [0, 0.05) is 49.6 Å². The van der Waals surface area contributed by atoms with Gasteiger partial charge in [-0.1, -0.05) is 33.6 Å². The predicted octanol–water partition coefficient (Wildman–Crippen LogP) is 2.76. The molecule has 0 saturated carbocycles. The van der Waals surface area contributed by atoms with E-state index in [9.17, 15) is 38.6 Å². The molecule has 2 amide bonds. The van der Waals surface area contributed by atoms with Crippen molar-refractivity contribution in [3.05, 3.63) is 35.6 Å². The molecule has 58 heavy (non-hydrogen) atoms. The number of aliphatic hydroxyl groups is 2. The number of hydrogen-bond acceptors (Lipinski definition) is 13. The minimum absolute atomic E-state index is 0.0216. The van der Waals surface area contributed by atoms with Crippen molar-refractivity contribution in [1.82, 2.24) is 15.5 Å². The molecule has 0 aromatic heterocycles. The Balaban J connectivity index is 1.91. The standard InChI is InChI=1S/C42H62FN3O12/c1-12-31-42(8,53)37(58-40(52)45-20-19-44-32(47)18-15-28-13-16-29(43)17-14-28)25(4)33(48)23(2)22-41(7,54-11)36(26(5)34(49)27(6)38(51)56-31)57-39-35(50)30(46(9)10)21-24(3)55-39/h13-14,16-17,23-27,30-31,35-37,39,50,53H,12,19-22H2,1-11H3,(H,44,47)(H,45,52)/t23-,24-,25+,26+,27-,30+,31-,35-,36-,37-,39+,41-,42-/m1/s1. The van der Waals surface area contributed by atoms with Gasteiger partial charge in [-0.3, -0.25) is 19.2 Å². The Labute approximate surface area is 341 Å². The van der Waals surface area contributed by atoms with E-state index in [0.29, 0.717) is 12.0 Å². The van der Waals surface area contributed by atoms with Crippen LogP contribution in [0.3, 0.4) is 0 Å². The molecule has 2 heterocycles. The molecule has 15 nitrogen and oxygen atoms in total. The van der Waals surface area contributed by atoms with Gasteiger partial charge in [0.15, 0.2) is 12.1 Å². The maximum atomic E-state index is 14.3. The predicted molar refractivity (Wildman–Crippen MR) is 209 cm³/mol. The van der Waals surface area contributed by atoms with Crippen LogP contribution in [0.25, 0.3) is 0 Å². The minimum atomic E-state index is -2.14. The zero-order chi connectivity index (χ0) is 43.7. The van der Waals surface area contributed by atoms with E-state index >= 15 is 0 Å². The third-order valence-electron chi connectivity index (χ3n) is 11.3. The van der Waals surface area contributed by atoms with Crippen molar-refractivity contribution in [2.45, 2.75) is 129 Å². The van der Waals surface area contributed by atoms with Crippen LogP contribution in [0.1, 0.15) is 80.2 Å². The first-order valence-corrected chi connectivity index (χ1v) is 19.8. The number of ether oxygens (including phenoxy) is 5. The fraction of sp³-hybridized carbons (Fsp3) is 0.690. The van der Waals surface area contributed by atoms with E-state index in [0.717, 1.165) is 0 Å². The molecule has 1 aromatic carbocycles. The first-order chi connectivity index (χ1) is 27.1. The average Bonchev–Trinajstić information content (AvgIpc) is 3.18. The van der Waals surface area contributed by atoms with Crippen molar-refractivity contribution in [3.63, 3.8) is 0 Å². The average molecular weight is 820 g/mol. The van der Waals surface area contributed by atoms with E-state index in [4.69, 9.17) is 23.7 Å². The van der Waals surface area contributed by atoms with Crippen LogP contribution in [0.4, 0.5) is 9.18 Å². The molecule has 324 valence electrons. The second-order valence-corrected chi connectivity index (χ2v) is 16.2. The lowest BCUT2D eigenvalue weighted by molar-refractivity contribution is -0.295. The molecule has 3 rings (SSSR count). The van der Waals surface area contributed by atoms with E-state index in [1.165, 1.54) is 52.1 Å². The molecule has 16 heteroatoms. The molecule has 0 aliphatic carbocycles. The van der Waals surface area contributed by atoms with Gasteiger partial charge in [-0.15, -0.1) is 0 Å². The van der Waals surface area contributed by atoms with Crippen molar-refractivity contribution in [2.75, 3.05) is 34.3 Å². The Morgan fingerprint density at radius 2 is 1.59 bits per heavy atom. The smallest absolute Gasteiger partial charge is 0.407 e. The molecule has 0 radical (unpaired) electrons. The number of Topliss-reactive ketones (excluding diaryl/α,β-unsaturated/α-hetero) is 2. The topological polar surface area (TPSA) is 199 Å². The molecular formula is C42H62FN3O12. The van der Waals surface area contributed by atoms with Crippen molar-refractivity contribution in [1.29, 1.82) is 0 Å². The number of rotatable bonds is 9. The van der Waals surface area contributed by atoms with Crippen molar-refractivity contribution >= 4 is 29.5 Å². The Morgan fingerprint density at radius 3 is 2.17 bits per heavy atom. The van der Waals surface area contributed by atoms with Crippen molar-refractivity contribution < 1.29 is 62.3 Å². The monoisotopic (exact) mass is 819 g/mol. The number of carbonyl (C=O) groups is 5. The number of esters is 1. The molecule has 0 bridgehead atoms. The van der Waals surface area contributed by atoms with Gasteiger partial charge in [0.25, 0.3) is 5.91 Å². The maximum Gasteiger partial charge on any atom is 0.407 e. The highest BCUT2D eigenvalue weighted by molar-refractivity contribution is 6.00. The van der Waals surface area contributed by atoms with Crippen LogP contribution >= 0.6 is 0 Å². The van der Waals surface area contributed by atoms with Gasteiger partial charge in [0.2, 0.25) is 0 Å². The van der Waals surface area contributed by atoms with E-state index < -0.39 is 101 Å². The fourth-order valence-corrected chi connectivity index (χ4v) is 7.84. The second kappa shape index (κ2) is 20.8. The number of carbonyl (C=O) groups excluding carboxylic acids is 5.